The monoisotopic (exact) mass is 258 g/mol. The third-order valence-corrected chi connectivity index (χ3v) is 4.11. The van der Waals surface area contributed by atoms with Crippen molar-refractivity contribution in [1.82, 2.24) is 0 Å². The molecule has 0 bridgehead atoms. The summed E-state index contributed by atoms with van der Waals surface area (Å²) in [6.45, 7) is 6.17. The van der Waals surface area contributed by atoms with Crippen LogP contribution in [0.2, 0.25) is 0 Å². The second-order valence-electron chi connectivity index (χ2n) is 5.11. The topological polar surface area (TPSA) is 0 Å². The van der Waals surface area contributed by atoms with E-state index in [1.165, 1.54) is 17.4 Å². The van der Waals surface area contributed by atoms with Gasteiger partial charge in [0.1, 0.15) is 0 Å². The molecule has 92 valence electrons. The predicted molar refractivity (Wildman–Crippen MR) is 65.5 cm³/mol. The number of benzene rings is 1. The fraction of sp³-hybridized carbons (Fsp3) is 0.385. The van der Waals surface area contributed by atoms with Gasteiger partial charge < -0.3 is 0 Å². The smallest absolute Gasteiger partial charge is 0.166 e. The van der Waals surface area contributed by atoms with Crippen LogP contribution in [-0.2, 0) is 11.6 Å². The average molecular weight is 258 g/mol. The van der Waals surface area contributed by atoms with Crippen LogP contribution in [0.1, 0.15) is 31.2 Å². The van der Waals surface area contributed by atoms with Crippen LogP contribution >= 0.6 is 11.3 Å². The standard InChI is InChI=1S/C13H13F3S/c1-12(2,3)11-6-8-4-5-9(13(14,15)16)7-10(8)17-11/h4-7H,1-3H3. The van der Waals surface area contributed by atoms with Crippen LogP contribution in [-0.4, -0.2) is 0 Å². The lowest BCUT2D eigenvalue weighted by atomic mass is 9.94. The number of halogens is 3. The summed E-state index contributed by atoms with van der Waals surface area (Å²) in [4.78, 5) is 1.10. The first-order chi connectivity index (χ1) is 7.68. The fourth-order valence-corrected chi connectivity index (χ4v) is 2.74. The van der Waals surface area contributed by atoms with Crippen LogP contribution in [0.15, 0.2) is 24.3 Å². The third-order valence-electron chi connectivity index (χ3n) is 2.59. The zero-order valence-electron chi connectivity index (χ0n) is 9.85. The Balaban J connectivity index is 2.56. The van der Waals surface area contributed by atoms with Crippen molar-refractivity contribution in [3.8, 4) is 0 Å². The lowest BCUT2D eigenvalue weighted by molar-refractivity contribution is -0.137. The number of hydrogen-bond acceptors (Lipinski definition) is 1. The molecular weight excluding hydrogens is 245 g/mol. The number of fused-ring (bicyclic) bond motifs is 1. The molecule has 0 saturated carbocycles. The fourth-order valence-electron chi connectivity index (χ4n) is 1.58. The van der Waals surface area contributed by atoms with Crippen LogP contribution in [0.4, 0.5) is 13.2 Å². The van der Waals surface area contributed by atoms with Crippen LogP contribution in [0.5, 0.6) is 0 Å². The molecule has 2 aromatic rings. The molecule has 1 aromatic heterocycles. The Hall–Kier alpha value is -1.03. The average Bonchev–Trinajstić information content (AvgIpc) is 2.57. The number of alkyl halides is 3. The lowest BCUT2D eigenvalue weighted by Gasteiger charge is -2.14. The minimum atomic E-state index is -4.26. The SMILES string of the molecule is CC(C)(C)c1cc2ccc(C(F)(F)F)cc2s1. The largest absolute Gasteiger partial charge is 0.416 e. The Labute approximate surface area is 102 Å². The first-order valence-electron chi connectivity index (χ1n) is 5.29. The van der Waals surface area contributed by atoms with Crippen LogP contribution in [0.3, 0.4) is 0 Å². The highest BCUT2D eigenvalue weighted by molar-refractivity contribution is 7.19. The molecular formula is C13H13F3S. The van der Waals surface area contributed by atoms with Crippen molar-refractivity contribution in [2.24, 2.45) is 0 Å². The van der Waals surface area contributed by atoms with E-state index >= 15 is 0 Å². The maximum atomic E-state index is 12.6. The Bertz CT molecular complexity index is 532. The second kappa shape index (κ2) is 3.73. The normalized spacial score (nSPS) is 13.3. The summed E-state index contributed by atoms with van der Waals surface area (Å²) < 4.78 is 38.4. The number of hydrogen-bond donors (Lipinski definition) is 0. The van der Waals surface area contributed by atoms with Crippen molar-refractivity contribution < 1.29 is 13.2 Å². The van der Waals surface area contributed by atoms with Gasteiger partial charge in [0, 0.05) is 9.58 Å². The molecule has 0 unspecified atom stereocenters. The summed E-state index contributed by atoms with van der Waals surface area (Å²) in [7, 11) is 0. The van der Waals surface area contributed by atoms with Gasteiger partial charge in [0.15, 0.2) is 0 Å². The van der Waals surface area contributed by atoms with Crippen molar-refractivity contribution in [2.45, 2.75) is 32.4 Å². The molecule has 0 radical (unpaired) electrons. The minimum Gasteiger partial charge on any atom is -0.166 e. The maximum Gasteiger partial charge on any atom is 0.416 e. The van der Waals surface area contributed by atoms with E-state index in [4.69, 9.17) is 0 Å². The van der Waals surface area contributed by atoms with E-state index in [-0.39, 0.29) is 5.41 Å². The summed E-state index contributed by atoms with van der Waals surface area (Å²) in [6, 6.07) is 5.89. The zero-order chi connectivity index (χ0) is 12.8. The molecule has 1 heterocycles. The predicted octanol–water partition coefficient (Wildman–Crippen LogP) is 5.22. The van der Waals surface area contributed by atoms with Gasteiger partial charge in [0.25, 0.3) is 0 Å². The summed E-state index contributed by atoms with van der Waals surface area (Å²) in [5.74, 6) is 0. The van der Waals surface area contributed by atoms with Crippen molar-refractivity contribution in [2.75, 3.05) is 0 Å². The first-order valence-corrected chi connectivity index (χ1v) is 6.11. The Morgan fingerprint density at radius 3 is 2.18 bits per heavy atom. The zero-order valence-corrected chi connectivity index (χ0v) is 10.7. The first kappa shape index (κ1) is 12.4. The van der Waals surface area contributed by atoms with E-state index in [2.05, 4.69) is 20.8 Å². The third kappa shape index (κ3) is 2.46. The second-order valence-corrected chi connectivity index (χ2v) is 6.19. The van der Waals surface area contributed by atoms with E-state index < -0.39 is 11.7 Å². The van der Waals surface area contributed by atoms with Gasteiger partial charge in [0.2, 0.25) is 0 Å². The van der Waals surface area contributed by atoms with Gasteiger partial charge in [-0.05, 0) is 29.0 Å². The molecule has 0 atom stereocenters. The van der Waals surface area contributed by atoms with Gasteiger partial charge in [-0.15, -0.1) is 11.3 Å². The molecule has 0 saturated heterocycles. The Kier molecular flexibility index (Phi) is 2.73. The minimum absolute atomic E-state index is 0.0257. The molecule has 0 nitrogen and oxygen atoms in total. The highest BCUT2D eigenvalue weighted by Crippen LogP contribution is 2.37. The summed E-state index contributed by atoms with van der Waals surface area (Å²) >= 11 is 1.43. The van der Waals surface area contributed by atoms with Gasteiger partial charge in [-0.25, -0.2) is 0 Å². The van der Waals surface area contributed by atoms with E-state index in [1.807, 2.05) is 6.07 Å². The molecule has 1 aromatic carbocycles. The summed E-state index contributed by atoms with van der Waals surface area (Å²) in [5.41, 5.74) is -0.602. The highest BCUT2D eigenvalue weighted by atomic mass is 32.1. The number of thiophene rings is 1. The summed E-state index contributed by atoms with van der Waals surface area (Å²) in [5, 5.41) is 0.882. The Morgan fingerprint density at radius 2 is 1.65 bits per heavy atom. The van der Waals surface area contributed by atoms with Gasteiger partial charge in [-0.1, -0.05) is 26.8 Å². The van der Waals surface area contributed by atoms with Crippen molar-refractivity contribution in [3.63, 3.8) is 0 Å². The Morgan fingerprint density at radius 1 is 1.00 bits per heavy atom. The van der Waals surface area contributed by atoms with E-state index in [1.54, 1.807) is 6.07 Å². The molecule has 0 N–H and O–H groups in total. The summed E-state index contributed by atoms with van der Waals surface area (Å²) in [6.07, 6.45) is -4.26. The maximum absolute atomic E-state index is 12.6. The number of rotatable bonds is 0. The molecule has 0 aliphatic carbocycles. The molecule has 0 aliphatic heterocycles. The van der Waals surface area contributed by atoms with Crippen molar-refractivity contribution in [3.05, 3.63) is 34.7 Å². The molecule has 0 spiro atoms. The van der Waals surface area contributed by atoms with Crippen molar-refractivity contribution >= 4 is 21.4 Å². The molecule has 0 aliphatic rings. The lowest BCUT2D eigenvalue weighted by Crippen LogP contribution is -2.07. The molecule has 17 heavy (non-hydrogen) atoms. The van der Waals surface area contributed by atoms with Crippen LogP contribution in [0.25, 0.3) is 10.1 Å². The molecule has 4 heteroatoms. The van der Waals surface area contributed by atoms with Gasteiger partial charge >= 0.3 is 6.18 Å². The van der Waals surface area contributed by atoms with Crippen LogP contribution in [0, 0.1) is 0 Å². The highest BCUT2D eigenvalue weighted by Gasteiger charge is 2.30. The van der Waals surface area contributed by atoms with Gasteiger partial charge in [-0.3, -0.25) is 0 Å². The van der Waals surface area contributed by atoms with Crippen molar-refractivity contribution in [1.29, 1.82) is 0 Å². The molecule has 0 amide bonds. The van der Waals surface area contributed by atoms with Gasteiger partial charge in [0.05, 0.1) is 5.56 Å². The molecule has 2 rings (SSSR count). The van der Waals surface area contributed by atoms with Crippen LogP contribution < -0.4 is 0 Å². The van der Waals surface area contributed by atoms with E-state index in [0.29, 0.717) is 4.70 Å². The van der Waals surface area contributed by atoms with Gasteiger partial charge in [-0.2, -0.15) is 13.2 Å². The van der Waals surface area contributed by atoms with E-state index in [9.17, 15) is 13.2 Å². The molecule has 0 fully saturated rings. The quantitative estimate of drug-likeness (QED) is 0.608. The van der Waals surface area contributed by atoms with E-state index in [0.717, 1.165) is 16.3 Å².